The SMILES string of the molecule is C=CC(=O)Nc1cccc(-c2cc(-c3ccccc3Cl)cc3cnc(C)nc23)c1. The number of aryl methyl sites for hydroxylation is 1. The second kappa shape index (κ2) is 7.86. The molecule has 0 saturated heterocycles. The van der Waals surface area contributed by atoms with Gasteiger partial charge in [-0.05, 0) is 54.5 Å². The Bertz CT molecular complexity index is 1250. The first-order valence-corrected chi connectivity index (χ1v) is 9.49. The lowest BCUT2D eigenvalue weighted by Gasteiger charge is -2.13. The summed E-state index contributed by atoms with van der Waals surface area (Å²) in [7, 11) is 0. The fraction of sp³-hybridized carbons (Fsp3) is 0.0417. The highest BCUT2D eigenvalue weighted by Crippen LogP contribution is 2.36. The van der Waals surface area contributed by atoms with Crippen molar-refractivity contribution in [1.82, 2.24) is 9.97 Å². The van der Waals surface area contributed by atoms with Crippen LogP contribution in [0.2, 0.25) is 5.02 Å². The first-order valence-electron chi connectivity index (χ1n) is 9.11. The summed E-state index contributed by atoms with van der Waals surface area (Å²) in [6.07, 6.45) is 3.07. The van der Waals surface area contributed by atoms with Gasteiger partial charge >= 0.3 is 0 Å². The minimum Gasteiger partial charge on any atom is -0.323 e. The molecule has 0 fully saturated rings. The molecule has 0 aliphatic carbocycles. The van der Waals surface area contributed by atoms with Crippen LogP contribution in [0.4, 0.5) is 5.69 Å². The van der Waals surface area contributed by atoms with Crippen molar-refractivity contribution in [3.05, 3.63) is 90.4 Å². The number of carbonyl (C=O) groups is 1. The summed E-state index contributed by atoms with van der Waals surface area (Å²) < 4.78 is 0. The first kappa shape index (κ1) is 18.8. The Morgan fingerprint density at radius 1 is 1.03 bits per heavy atom. The smallest absolute Gasteiger partial charge is 0.247 e. The molecule has 0 saturated carbocycles. The van der Waals surface area contributed by atoms with E-state index in [1.54, 1.807) is 0 Å². The molecule has 142 valence electrons. The summed E-state index contributed by atoms with van der Waals surface area (Å²) in [6, 6.07) is 19.5. The number of anilines is 1. The Morgan fingerprint density at radius 3 is 2.66 bits per heavy atom. The van der Waals surface area contributed by atoms with Crippen LogP contribution < -0.4 is 5.32 Å². The molecule has 0 atom stereocenters. The third-order valence-corrected chi connectivity index (χ3v) is 4.94. The van der Waals surface area contributed by atoms with Crippen LogP contribution in [0, 0.1) is 6.92 Å². The first-order chi connectivity index (χ1) is 14.0. The molecule has 1 aromatic heterocycles. The van der Waals surface area contributed by atoms with Gasteiger partial charge in [0.15, 0.2) is 0 Å². The van der Waals surface area contributed by atoms with Crippen LogP contribution in [0.15, 0.2) is 79.5 Å². The minimum absolute atomic E-state index is 0.255. The minimum atomic E-state index is -0.255. The molecule has 0 bridgehead atoms. The van der Waals surface area contributed by atoms with Gasteiger partial charge in [-0.3, -0.25) is 4.79 Å². The van der Waals surface area contributed by atoms with E-state index in [1.807, 2.05) is 67.7 Å². The molecule has 3 aromatic carbocycles. The van der Waals surface area contributed by atoms with Gasteiger partial charge in [0, 0.05) is 33.4 Å². The van der Waals surface area contributed by atoms with E-state index in [1.165, 1.54) is 6.08 Å². The molecule has 29 heavy (non-hydrogen) atoms. The molecule has 0 unspecified atom stereocenters. The molecule has 1 amide bonds. The van der Waals surface area contributed by atoms with Crippen LogP contribution >= 0.6 is 11.6 Å². The van der Waals surface area contributed by atoms with Crippen molar-refractivity contribution in [3.63, 3.8) is 0 Å². The summed E-state index contributed by atoms with van der Waals surface area (Å²) in [6.45, 7) is 5.37. The van der Waals surface area contributed by atoms with Crippen molar-refractivity contribution >= 4 is 34.1 Å². The second-order valence-corrected chi connectivity index (χ2v) is 7.04. The van der Waals surface area contributed by atoms with Gasteiger partial charge in [0.2, 0.25) is 5.91 Å². The van der Waals surface area contributed by atoms with Crippen LogP contribution in [0.1, 0.15) is 5.82 Å². The molecule has 5 heteroatoms. The maximum atomic E-state index is 11.7. The van der Waals surface area contributed by atoms with Crippen molar-refractivity contribution in [1.29, 1.82) is 0 Å². The van der Waals surface area contributed by atoms with Crippen LogP contribution in [0.5, 0.6) is 0 Å². The highest BCUT2D eigenvalue weighted by Gasteiger charge is 2.12. The fourth-order valence-corrected chi connectivity index (χ4v) is 3.51. The molecular weight excluding hydrogens is 382 g/mol. The zero-order valence-electron chi connectivity index (χ0n) is 15.8. The molecule has 0 aliphatic heterocycles. The van der Waals surface area contributed by atoms with E-state index >= 15 is 0 Å². The number of nitrogens with one attached hydrogen (secondary N) is 1. The van der Waals surface area contributed by atoms with Gasteiger partial charge < -0.3 is 5.32 Å². The number of nitrogens with zero attached hydrogens (tertiary/aromatic N) is 2. The van der Waals surface area contributed by atoms with E-state index in [0.717, 1.165) is 33.2 Å². The average Bonchev–Trinajstić information content (AvgIpc) is 2.73. The third kappa shape index (κ3) is 3.89. The summed E-state index contributed by atoms with van der Waals surface area (Å²) in [5.74, 6) is 0.440. The van der Waals surface area contributed by atoms with Crippen molar-refractivity contribution in [2.24, 2.45) is 0 Å². The molecule has 0 spiro atoms. The number of rotatable bonds is 4. The van der Waals surface area contributed by atoms with E-state index in [2.05, 4.69) is 27.9 Å². The summed E-state index contributed by atoms with van der Waals surface area (Å²) in [5.41, 5.74) is 5.33. The summed E-state index contributed by atoms with van der Waals surface area (Å²) in [5, 5.41) is 4.40. The van der Waals surface area contributed by atoms with Crippen LogP contribution in [0.3, 0.4) is 0 Å². The van der Waals surface area contributed by atoms with E-state index in [0.29, 0.717) is 16.5 Å². The van der Waals surface area contributed by atoms with Gasteiger partial charge in [0.1, 0.15) is 5.82 Å². The zero-order valence-corrected chi connectivity index (χ0v) is 16.6. The number of halogens is 1. The third-order valence-electron chi connectivity index (χ3n) is 4.61. The predicted molar refractivity (Wildman–Crippen MR) is 119 cm³/mol. The Labute approximate surface area is 173 Å². The van der Waals surface area contributed by atoms with Crippen molar-refractivity contribution in [2.45, 2.75) is 6.92 Å². The fourth-order valence-electron chi connectivity index (χ4n) is 3.26. The number of hydrogen-bond donors (Lipinski definition) is 1. The van der Waals surface area contributed by atoms with Crippen LogP contribution in [-0.4, -0.2) is 15.9 Å². The average molecular weight is 400 g/mol. The molecule has 0 radical (unpaired) electrons. The predicted octanol–water partition coefficient (Wildman–Crippen LogP) is 6.05. The van der Waals surface area contributed by atoms with Crippen molar-refractivity contribution < 1.29 is 4.79 Å². The maximum absolute atomic E-state index is 11.7. The quantitative estimate of drug-likeness (QED) is 0.425. The second-order valence-electron chi connectivity index (χ2n) is 6.63. The molecule has 0 aliphatic rings. The summed E-state index contributed by atoms with van der Waals surface area (Å²) in [4.78, 5) is 20.7. The van der Waals surface area contributed by atoms with Gasteiger partial charge in [-0.25, -0.2) is 9.97 Å². The number of benzene rings is 3. The molecule has 4 aromatic rings. The van der Waals surface area contributed by atoms with E-state index in [9.17, 15) is 4.79 Å². The highest BCUT2D eigenvalue weighted by atomic mass is 35.5. The van der Waals surface area contributed by atoms with Crippen LogP contribution in [-0.2, 0) is 4.79 Å². The highest BCUT2D eigenvalue weighted by molar-refractivity contribution is 6.33. The number of fused-ring (bicyclic) bond motifs is 1. The standard InChI is InChI=1S/C24H18ClN3O/c1-3-23(29)28-19-8-6-7-16(12-19)21-13-17(20-9-4-5-10-22(20)25)11-18-14-26-15(2)27-24(18)21/h3-14H,1H2,2H3,(H,28,29). The van der Waals surface area contributed by atoms with Crippen molar-refractivity contribution in [2.75, 3.05) is 5.32 Å². The number of hydrogen-bond acceptors (Lipinski definition) is 3. The van der Waals surface area contributed by atoms with E-state index in [4.69, 9.17) is 11.6 Å². The molecule has 4 rings (SSSR count). The number of carbonyl (C=O) groups excluding carboxylic acids is 1. The Balaban J connectivity index is 1.94. The zero-order chi connectivity index (χ0) is 20.4. The molecule has 1 N–H and O–H groups in total. The van der Waals surface area contributed by atoms with Gasteiger partial charge in [-0.1, -0.05) is 48.5 Å². The largest absolute Gasteiger partial charge is 0.323 e. The normalized spacial score (nSPS) is 10.7. The van der Waals surface area contributed by atoms with Gasteiger partial charge in [-0.2, -0.15) is 0 Å². The van der Waals surface area contributed by atoms with Crippen LogP contribution in [0.25, 0.3) is 33.2 Å². The molecule has 4 nitrogen and oxygen atoms in total. The van der Waals surface area contributed by atoms with Gasteiger partial charge in [0.05, 0.1) is 5.52 Å². The molecular formula is C24H18ClN3O. The maximum Gasteiger partial charge on any atom is 0.247 e. The lowest BCUT2D eigenvalue weighted by atomic mass is 9.95. The Kier molecular flexibility index (Phi) is 5.10. The lowest BCUT2D eigenvalue weighted by molar-refractivity contribution is -0.111. The van der Waals surface area contributed by atoms with E-state index in [-0.39, 0.29) is 5.91 Å². The number of aromatic nitrogens is 2. The lowest BCUT2D eigenvalue weighted by Crippen LogP contribution is -2.07. The van der Waals surface area contributed by atoms with Gasteiger partial charge in [-0.15, -0.1) is 0 Å². The molecule has 1 heterocycles. The Morgan fingerprint density at radius 2 is 1.86 bits per heavy atom. The Hall–Kier alpha value is -3.50. The van der Waals surface area contributed by atoms with Gasteiger partial charge in [0.25, 0.3) is 0 Å². The van der Waals surface area contributed by atoms with Crippen molar-refractivity contribution in [3.8, 4) is 22.3 Å². The number of amides is 1. The topological polar surface area (TPSA) is 54.9 Å². The monoisotopic (exact) mass is 399 g/mol. The van der Waals surface area contributed by atoms with E-state index < -0.39 is 0 Å². The summed E-state index contributed by atoms with van der Waals surface area (Å²) >= 11 is 6.44.